The highest BCUT2D eigenvalue weighted by atomic mass is 16.5. The number of carbonyl (C=O) groups excluding carboxylic acids is 2. The predicted molar refractivity (Wildman–Crippen MR) is 144 cm³/mol. The lowest BCUT2D eigenvalue weighted by Gasteiger charge is -2.31. The van der Waals surface area contributed by atoms with Crippen LogP contribution in [0.1, 0.15) is 49.3 Å². The lowest BCUT2D eigenvalue weighted by atomic mass is 9.95. The topological polar surface area (TPSA) is 96.7 Å². The molecule has 0 saturated heterocycles. The van der Waals surface area contributed by atoms with Crippen molar-refractivity contribution in [3.63, 3.8) is 0 Å². The van der Waals surface area contributed by atoms with Crippen molar-refractivity contribution in [3.8, 4) is 11.1 Å². The van der Waals surface area contributed by atoms with E-state index in [2.05, 4.69) is 48.4 Å². The quantitative estimate of drug-likeness (QED) is 0.331. The van der Waals surface area contributed by atoms with E-state index in [4.69, 9.17) is 9.26 Å². The molecule has 8 nitrogen and oxygen atoms in total. The predicted octanol–water partition coefficient (Wildman–Crippen LogP) is 6.51. The van der Waals surface area contributed by atoms with E-state index in [1.165, 1.54) is 7.11 Å². The van der Waals surface area contributed by atoms with Crippen LogP contribution in [0.5, 0.6) is 0 Å². The van der Waals surface area contributed by atoms with Crippen molar-refractivity contribution in [3.05, 3.63) is 59.3 Å². The number of esters is 1. The number of nitrogens with zero attached hydrogens (tertiary/aromatic N) is 2. The van der Waals surface area contributed by atoms with Gasteiger partial charge < -0.3 is 19.5 Å². The molecule has 0 saturated carbocycles. The van der Waals surface area contributed by atoms with Crippen LogP contribution in [0.3, 0.4) is 0 Å². The van der Waals surface area contributed by atoms with Gasteiger partial charge in [-0.15, -0.1) is 0 Å². The zero-order valence-electron chi connectivity index (χ0n) is 22.1. The fraction of sp³-hybridized carbons (Fsp3) is 0.393. The normalized spacial score (nSPS) is 11.0. The van der Waals surface area contributed by atoms with E-state index in [0.717, 1.165) is 35.5 Å². The van der Waals surface area contributed by atoms with Gasteiger partial charge in [0.25, 0.3) is 0 Å². The SMILES string of the molecule is COC(=O)c1c(C)cccc1-c1ccc(N(CC(C)C)CC(C)C)c(NC(=O)Nc2cc(C)no2)c1. The number of carbonyl (C=O) groups is 2. The summed E-state index contributed by atoms with van der Waals surface area (Å²) in [6.45, 7) is 14.0. The van der Waals surface area contributed by atoms with Gasteiger partial charge >= 0.3 is 12.0 Å². The van der Waals surface area contributed by atoms with Crippen LogP contribution in [0.15, 0.2) is 47.0 Å². The number of hydrogen-bond acceptors (Lipinski definition) is 6. The number of methoxy groups -OCH3 is 1. The number of nitrogens with one attached hydrogen (secondary N) is 2. The monoisotopic (exact) mass is 492 g/mol. The summed E-state index contributed by atoms with van der Waals surface area (Å²) in [5, 5.41) is 9.50. The molecular weight excluding hydrogens is 456 g/mol. The van der Waals surface area contributed by atoms with E-state index in [1.807, 2.05) is 43.3 Å². The molecule has 0 aliphatic rings. The van der Waals surface area contributed by atoms with E-state index in [1.54, 1.807) is 13.0 Å². The summed E-state index contributed by atoms with van der Waals surface area (Å²) in [5.74, 6) is 0.701. The molecular formula is C28H36N4O4. The third-order valence-electron chi connectivity index (χ3n) is 5.59. The van der Waals surface area contributed by atoms with Crippen LogP contribution in [0.4, 0.5) is 22.1 Å². The maximum absolute atomic E-state index is 12.9. The molecule has 2 aromatic carbocycles. The standard InChI is InChI=1S/C28H36N4O4/c1-17(2)15-32(16-18(3)4)24-12-11-21(22-10-8-9-19(5)26(22)27(33)35-7)14-23(24)29-28(34)30-25-13-20(6)31-36-25/h8-14,17-18H,15-16H2,1-7H3,(H2,29,30,34). The second-order valence-electron chi connectivity index (χ2n) is 9.83. The number of aryl methyl sites for hydroxylation is 2. The van der Waals surface area contributed by atoms with Crippen molar-refractivity contribution in [2.75, 3.05) is 35.7 Å². The van der Waals surface area contributed by atoms with Gasteiger partial charge in [0.2, 0.25) is 5.88 Å². The van der Waals surface area contributed by atoms with Gasteiger partial charge in [-0.3, -0.25) is 5.32 Å². The maximum Gasteiger partial charge on any atom is 0.338 e. The van der Waals surface area contributed by atoms with Gasteiger partial charge in [0.1, 0.15) is 0 Å². The Hall–Kier alpha value is -3.81. The number of urea groups is 1. The third-order valence-corrected chi connectivity index (χ3v) is 5.59. The fourth-order valence-corrected chi connectivity index (χ4v) is 4.20. The first-order valence-electron chi connectivity index (χ1n) is 12.2. The van der Waals surface area contributed by atoms with E-state index < -0.39 is 12.0 Å². The average Bonchev–Trinajstić information content (AvgIpc) is 3.21. The molecule has 0 aliphatic heterocycles. The third kappa shape index (κ3) is 6.65. The molecule has 0 bridgehead atoms. The van der Waals surface area contributed by atoms with Gasteiger partial charge in [-0.05, 0) is 54.5 Å². The van der Waals surface area contributed by atoms with Gasteiger partial charge in [-0.25, -0.2) is 9.59 Å². The zero-order chi connectivity index (χ0) is 26.4. The number of benzene rings is 2. The Morgan fingerprint density at radius 3 is 2.28 bits per heavy atom. The molecule has 3 rings (SSSR count). The molecule has 2 amide bonds. The minimum atomic E-state index is -0.448. The Labute approximate surface area is 213 Å². The molecule has 2 N–H and O–H groups in total. The highest BCUT2D eigenvalue weighted by Gasteiger charge is 2.20. The average molecular weight is 493 g/mol. The molecule has 3 aromatic rings. The smallest absolute Gasteiger partial charge is 0.338 e. The highest BCUT2D eigenvalue weighted by molar-refractivity contribution is 6.03. The molecule has 8 heteroatoms. The van der Waals surface area contributed by atoms with Gasteiger partial charge in [0.05, 0.1) is 29.7 Å². The zero-order valence-corrected chi connectivity index (χ0v) is 22.1. The first-order chi connectivity index (χ1) is 17.1. The largest absolute Gasteiger partial charge is 0.465 e. The Morgan fingerprint density at radius 2 is 1.69 bits per heavy atom. The van der Waals surface area contributed by atoms with Crippen LogP contribution < -0.4 is 15.5 Å². The first-order valence-corrected chi connectivity index (χ1v) is 12.2. The number of amides is 2. The molecule has 0 radical (unpaired) electrons. The van der Waals surface area contributed by atoms with Crippen LogP contribution in [0.2, 0.25) is 0 Å². The number of hydrogen-bond donors (Lipinski definition) is 2. The lowest BCUT2D eigenvalue weighted by Crippen LogP contribution is -2.32. The number of rotatable bonds is 9. The highest BCUT2D eigenvalue weighted by Crippen LogP contribution is 2.35. The molecule has 192 valence electrons. The summed E-state index contributed by atoms with van der Waals surface area (Å²) in [7, 11) is 1.37. The van der Waals surface area contributed by atoms with Crippen molar-refractivity contribution in [1.82, 2.24) is 5.16 Å². The van der Waals surface area contributed by atoms with E-state index >= 15 is 0 Å². The van der Waals surface area contributed by atoms with Crippen LogP contribution >= 0.6 is 0 Å². The summed E-state index contributed by atoms with van der Waals surface area (Å²) < 4.78 is 10.2. The number of anilines is 3. The molecule has 0 atom stereocenters. The Balaban J connectivity index is 2.08. The number of aromatic nitrogens is 1. The Morgan fingerprint density at radius 1 is 1.00 bits per heavy atom. The van der Waals surface area contributed by atoms with Crippen molar-refractivity contribution in [1.29, 1.82) is 0 Å². The summed E-state index contributed by atoms with van der Waals surface area (Å²) in [4.78, 5) is 27.8. The van der Waals surface area contributed by atoms with Crippen molar-refractivity contribution >= 4 is 29.3 Å². The molecule has 0 fully saturated rings. The number of ether oxygens (including phenoxy) is 1. The van der Waals surface area contributed by atoms with Crippen LogP contribution in [-0.4, -0.2) is 37.4 Å². The second kappa shape index (κ2) is 11.7. The summed E-state index contributed by atoms with van der Waals surface area (Å²) >= 11 is 0. The minimum Gasteiger partial charge on any atom is -0.465 e. The summed E-state index contributed by atoms with van der Waals surface area (Å²) in [6, 6.07) is 12.7. The first kappa shape index (κ1) is 26.8. The van der Waals surface area contributed by atoms with Gasteiger partial charge in [-0.2, -0.15) is 0 Å². The maximum atomic E-state index is 12.9. The summed E-state index contributed by atoms with van der Waals surface area (Å²) in [5.41, 5.74) is 5.05. The van der Waals surface area contributed by atoms with Gasteiger partial charge in [0.15, 0.2) is 0 Å². The van der Waals surface area contributed by atoms with Gasteiger partial charge in [0, 0.05) is 19.2 Å². The van der Waals surface area contributed by atoms with Crippen LogP contribution in [-0.2, 0) is 4.74 Å². The Bertz CT molecular complexity index is 1210. The van der Waals surface area contributed by atoms with E-state index in [9.17, 15) is 9.59 Å². The van der Waals surface area contributed by atoms with Gasteiger partial charge in [-0.1, -0.05) is 57.1 Å². The lowest BCUT2D eigenvalue weighted by molar-refractivity contribution is 0.0600. The van der Waals surface area contributed by atoms with Crippen LogP contribution in [0.25, 0.3) is 11.1 Å². The van der Waals surface area contributed by atoms with Crippen LogP contribution in [0, 0.1) is 25.7 Å². The fourth-order valence-electron chi connectivity index (χ4n) is 4.20. The minimum absolute atomic E-state index is 0.260. The molecule has 36 heavy (non-hydrogen) atoms. The molecule has 0 aliphatic carbocycles. The van der Waals surface area contributed by atoms with E-state index in [-0.39, 0.29) is 5.88 Å². The van der Waals surface area contributed by atoms with Crippen molar-refractivity contribution in [2.24, 2.45) is 11.8 Å². The molecule has 1 heterocycles. The van der Waals surface area contributed by atoms with Crippen molar-refractivity contribution < 1.29 is 18.8 Å². The van der Waals surface area contributed by atoms with E-state index in [0.29, 0.717) is 28.8 Å². The molecule has 0 unspecified atom stereocenters. The Kier molecular flexibility index (Phi) is 8.74. The molecule has 0 spiro atoms. The molecule has 1 aromatic heterocycles. The van der Waals surface area contributed by atoms with Crippen molar-refractivity contribution in [2.45, 2.75) is 41.5 Å². The second-order valence-corrected chi connectivity index (χ2v) is 9.83. The summed E-state index contributed by atoms with van der Waals surface area (Å²) in [6.07, 6.45) is 0.